The largest absolute Gasteiger partial charge is 0.496 e. The Hall–Kier alpha value is -1.02. The molecule has 0 aliphatic heterocycles. The molecular formula is C16H25NO. The van der Waals surface area contributed by atoms with Gasteiger partial charge in [0.15, 0.2) is 0 Å². The Morgan fingerprint density at radius 1 is 1.22 bits per heavy atom. The Morgan fingerprint density at radius 2 is 1.94 bits per heavy atom. The first-order valence-electron chi connectivity index (χ1n) is 7.11. The van der Waals surface area contributed by atoms with E-state index in [1.807, 2.05) is 0 Å². The summed E-state index contributed by atoms with van der Waals surface area (Å²) in [5.41, 5.74) is 9.18. The molecule has 2 N–H and O–H groups in total. The summed E-state index contributed by atoms with van der Waals surface area (Å²) >= 11 is 0. The summed E-state index contributed by atoms with van der Waals surface area (Å²) in [5.74, 6) is 0.989. The van der Waals surface area contributed by atoms with Gasteiger partial charge in [-0.3, -0.25) is 0 Å². The van der Waals surface area contributed by atoms with Crippen LogP contribution in [0, 0.1) is 0 Å². The fourth-order valence-corrected chi connectivity index (χ4v) is 3.00. The second-order valence-corrected chi connectivity index (χ2v) is 5.60. The van der Waals surface area contributed by atoms with Gasteiger partial charge in [0.25, 0.3) is 0 Å². The average Bonchev–Trinajstić information content (AvgIpc) is 2.39. The van der Waals surface area contributed by atoms with Gasteiger partial charge in [0.05, 0.1) is 7.11 Å². The summed E-state index contributed by atoms with van der Waals surface area (Å²) < 4.78 is 5.48. The number of methoxy groups -OCH3 is 1. The summed E-state index contributed by atoms with van der Waals surface area (Å²) in [6, 6.07) is 6.49. The van der Waals surface area contributed by atoms with Gasteiger partial charge >= 0.3 is 0 Å². The monoisotopic (exact) mass is 247 g/mol. The predicted octanol–water partition coefficient (Wildman–Crippen LogP) is 3.46. The van der Waals surface area contributed by atoms with Gasteiger partial charge in [0.2, 0.25) is 0 Å². The smallest absolute Gasteiger partial charge is 0.122 e. The van der Waals surface area contributed by atoms with E-state index in [1.165, 1.54) is 30.4 Å². The van der Waals surface area contributed by atoms with Gasteiger partial charge in [0, 0.05) is 5.54 Å². The SMILES string of the molecule is CCc1ccc(OC)c(CC2(N)CCCCC2)c1. The number of hydrogen-bond acceptors (Lipinski definition) is 2. The van der Waals surface area contributed by atoms with Crippen molar-refractivity contribution in [2.24, 2.45) is 5.73 Å². The van der Waals surface area contributed by atoms with Crippen molar-refractivity contribution in [2.45, 2.75) is 57.4 Å². The van der Waals surface area contributed by atoms with Gasteiger partial charge in [-0.2, -0.15) is 0 Å². The van der Waals surface area contributed by atoms with Crippen LogP contribution in [0.2, 0.25) is 0 Å². The number of rotatable bonds is 4. The molecule has 0 saturated heterocycles. The number of hydrogen-bond donors (Lipinski definition) is 1. The summed E-state index contributed by atoms with van der Waals surface area (Å²) in [6.45, 7) is 2.18. The molecule has 2 heteroatoms. The Bertz CT molecular complexity index is 394. The first-order chi connectivity index (χ1) is 8.67. The standard InChI is InChI=1S/C16H25NO/c1-3-13-7-8-15(18-2)14(11-13)12-16(17)9-5-4-6-10-16/h7-8,11H,3-6,9-10,12,17H2,1-2H3. The molecule has 0 aromatic heterocycles. The molecule has 1 aliphatic rings. The highest BCUT2D eigenvalue weighted by Crippen LogP contribution is 2.32. The lowest BCUT2D eigenvalue weighted by Gasteiger charge is -2.34. The van der Waals surface area contributed by atoms with Crippen molar-refractivity contribution in [3.63, 3.8) is 0 Å². The quantitative estimate of drug-likeness (QED) is 0.884. The Morgan fingerprint density at radius 3 is 2.56 bits per heavy atom. The van der Waals surface area contributed by atoms with E-state index in [-0.39, 0.29) is 5.54 Å². The van der Waals surface area contributed by atoms with E-state index in [1.54, 1.807) is 7.11 Å². The topological polar surface area (TPSA) is 35.2 Å². The second-order valence-electron chi connectivity index (χ2n) is 5.60. The Labute approximate surface area is 111 Å². The molecule has 0 atom stereocenters. The van der Waals surface area contributed by atoms with Crippen LogP contribution in [-0.4, -0.2) is 12.6 Å². The van der Waals surface area contributed by atoms with Crippen LogP contribution < -0.4 is 10.5 Å². The first kappa shape index (κ1) is 13.4. The number of nitrogens with two attached hydrogens (primary N) is 1. The minimum atomic E-state index is -0.0160. The van der Waals surface area contributed by atoms with Crippen LogP contribution in [0.3, 0.4) is 0 Å². The highest BCUT2D eigenvalue weighted by molar-refractivity contribution is 5.38. The molecule has 100 valence electrons. The number of benzene rings is 1. The van der Waals surface area contributed by atoms with Crippen molar-refractivity contribution in [3.05, 3.63) is 29.3 Å². The van der Waals surface area contributed by atoms with Crippen molar-refractivity contribution in [1.82, 2.24) is 0 Å². The normalized spacial score (nSPS) is 18.6. The first-order valence-corrected chi connectivity index (χ1v) is 7.11. The van der Waals surface area contributed by atoms with Crippen molar-refractivity contribution in [2.75, 3.05) is 7.11 Å². The lowest BCUT2D eigenvalue weighted by atomic mass is 9.78. The molecule has 1 aromatic rings. The summed E-state index contributed by atoms with van der Waals surface area (Å²) in [7, 11) is 1.74. The van der Waals surface area contributed by atoms with Gasteiger partial charge in [-0.05, 0) is 42.9 Å². The molecule has 0 radical (unpaired) electrons. The molecule has 2 rings (SSSR count). The average molecular weight is 247 g/mol. The third kappa shape index (κ3) is 3.05. The number of ether oxygens (including phenoxy) is 1. The van der Waals surface area contributed by atoms with E-state index in [9.17, 15) is 0 Å². The fourth-order valence-electron chi connectivity index (χ4n) is 3.00. The van der Waals surface area contributed by atoms with Crippen LogP contribution in [-0.2, 0) is 12.8 Å². The van der Waals surface area contributed by atoms with Crippen LogP contribution in [0.15, 0.2) is 18.2 Å². The highest BCUT2D eigenvalue weighted by atomic mass is 16.5. The lowest BCUT2D eigenvalue weighted by molar-refractivity contribution is 0.290. The van der Waals surface area contributed by atoms with Gasteiger partial charge in [-0.25, -0.2) is 0 Å². The third-order valence-corrected chi connectivity index (χ3v) is 4.14. The summed E-state index contributed by atoms with van der Waals surface area (Å²) in [6.07, 6.45) is 8.18. The maximum atomic E-state index is 6.55. The minimum Gasteiger partial charge on any atom is -0.496 e. The van der Waals surface area contributed by atoms with Crippen LogP contribution in [0.5, 0.6) is 5.75 Å². The fraction of sp³-hybridized carbons (Fsp3) is 0.625. The van der Waals surface area contributed by atoms with E-state index in [0.29, 0.717) is 0 Å². The molecule has 0 bridgehead atoms. The summed E-state index contributed by atoms with van der Waals surface area (Å²) in [4.78, 5) is 0. The van der Waals surface area contributed by atoms with Crippen molar-refractivity contribution < 1.29 is 4.74 Å². The van der Waals surface area contributed by atoms with E-state index in [2.05, 4.69) is 25.1 Å². The van der Waals surface area contributed by atoms with Crippen molar-refractivity contribution >= 4 is 0 Å². The van der Waals surface area contributed by atoms with Crippen molar-refractivity contribution in [3.8, 4) is 5.75 Å². The van der Waals surface area contributed by atoms with Crippen LogP contribution in [0.25, 0.3) is 0 Å². The van der Waals surface area contributed by atoms with E-state index >= 15 is 0 Å². The minimum absolute atomic E-state index is 0.0160. The molecule has 1 saturated carbocycles. The molecule has 0 heterocycles. The molecule has 0 unspecified atom stereocenters. The van der Waals surface area contributed by atoms with Crippen molar-refractivity contribution in [1.29, 1.82) is 0 Å². The maximum Gasteiger partial charge on any atom is 0.122 e. The molecule has 1 aliphatic carbocycles. The Kier molecular flexibility index (Phi) is 4.28. The molecule has 2 nitrogen and oxygen atoms in total. The highest BCUT2D eigenvalue weighted by Gasteiger charge is 2.28. The zero-order chi connectivity index (χ0) is 13.0. The maximum absolute atomic E-state index is 6.55. The van der Waals surface area contributed by atoms with Gasteiger partial charge in [-0.1, -0.05) is 38.3 Å². The molecule has 0 spiro atoms. The molecule has 1 fully saturated rings. The Balaban J connectivity index is 2.20. The lowest BCUT2D eigenvalue weighted by Crippen LogP contribution is -2.43. The second kappa shape index (κ2) is 5.75. The third-order valence-electron chi connectivity index (χ3n) is 4.14. The molecular weight excluding hydrogens is 222 g/mol. The van der Waals surface area contributed by atoms with E-state index in [0.717, 1.165) is 31.4 Å². The molecule has 1 aromatic carbocycles. The summed E-state index contributed by atoms with van der Waals surface area (Å²) in [5, 5.41) is 0. The van der Waals surface area contributed by atoms with Crippen LogP contribution in [0.4, 0.5) is 0 Å². The molecule has 0 amide bonds. The van der Waals surface area contributed by atoms with Gasteiger partial charge < -0.3 is 10.5 Å². The number of aryl methyl sites for hydroxylation is 1. The van der Waals surface area contributed by atoms with E-state index in [4.69, 9.17) is 10.5 Å². The van der Waals surface area contributed by atoms with Gasteiger partial charge in [0.1, 0.15) is 5.75 Å². The van der Waals surface area contributed by atoms with Crippen LogP contribution >= 0.6 is 0 Å². The van der Waals surface area contributed by atoms with Crippen LogP contribution in [0.1, 0.15) is 50.2 Å². The predicted molar refractivity (Wildman–Crippen MR) is 76.1 cm³/mol. The zero-order valence-electron chi connectivity index (χ0n) is 11.7. The zero-order valence-corrected chi connectivity index (χ0v) is 11.7. The van der Waals surface area contributed by atoms with E-state index < -0.39 is 0 Å². The van der Waals surface area contributed by atoms with Gasteiger partial charge in [-0.15, -0.1) is 0 Å². The molecule has 18 heavy (non-hydrogen) atoms.